The van der Waals surface area contributed by atoms with Gasteiger partial charge >= 0.3 is 11.9 Å². The highest BCUT2D eigenvalue weighted by molar-refractivity contribution is 5.99. The summed E-state index contributed by atoms with van der Waals surface area (Å²) in [6.45, 7) is 1.03. The number of aliphatic carboxylic acids is 1. The number of carboxylic acid groups (broad SMARTS) is 1. The average molecular weight is 589 g/mol. The number of nitrogens with two attached hydrogens (primary N) is 1. The number of nitrogen functional groups attached to an aromatic ring is 1. The molecule has 1 saturated heterocycles. The molecule has 5 N–H and O–H groups in total. The van der Waals surface area contributed by atoms with Crippen molar-refractivity contribution in [1.82, 2.24) is 19.5 Å². The minimum absolute atomic E-state index is 0.0184. The van der Waals surface area contributed by atoms with Crippen LogP contribution in [-0.4, -0.2) is 66.4 Å². The second-order valence-corrected chi connectivity index (χ2v) is 10.4. The van der Waals surface area contributed by atoms with Crippen LogP contribution in [0.1, 0.15) is 43.5 Å². The van der Waals surface area contributed by atoms with Crippen molar-refractivity contribution in [3.63, 3.8) is 0 Å². The molecule has 6 rings (SSSR count). The van der Waals surface area contributed by atoms with E-state index in [4.69, 9.17) is 20.3 Å². The number of fused-ring (bicyclic) bond motifs is 4. The number of ether oxygens (including phenoxy) is 2. The molecule has 14 nitrogen and oxygen atoms in total. The minimum Gasteiger partial charge on any atom is -0.481 e. The summed E-state index contributed by atoms with van der Waals surface area (Å²) < 4.78 is 12.6. The monoisotopic (exact) mass is 588 g/mol. The molecule has 3 heterocycles. The van der Waals surface area contributed by atoms with E-state index < -0.39 is 48.3 Å². The van der Waals surface area contributed by atoms with Gasteiger partial charge in [-0.1, -0.05) is 30.3 Å². The fraction of sp³-hybridized carbons (Fsp3) is 0.310. The van der Waals surface area contributed by atoms with Crippen LogP contribution in [0.3, 0.4) is 0 Å². The topological polar surface area (TPSA) is 203 Å². The SMILES string of the molecule is CC(=O)N(c1ccc2c(c1)Cc1ccccc1-2)c1nc2c(=O)[nH]c(N)nc2n1[C@H]1C[C@H](O)[C@@H](COC(=O)CCC(=O)O)O1. The molecule has 0 bridgehead atoms. The van der Waals surface area contributed by atoms with Gasteiger partial charge in [-0.25, -0.2) is 4.98 Å². The number of benzene rings is 2. The molecule has 43 heavy (non-hydrogen) atoms. The summed E-state index contributed by atoms with van der Waals surface area (Å²) in [7, 11) is 0. The zero-order valence-corrected chi connectivity index (χ0v) is 23.0. The van der Waals surface area contributed by atoms with E-state index in [2.05, 4.69) is 21.0 Å². The van der Waals surface area contributed by atoms with E-state index in [0.717, 1.165) is 16.7 Å². The van der Waals surface area contributed by atoms with Crippen LogP contribution in [0.4, 0.5) is 17.6 Å². The zero-order chi connectivity index (χ0) is 30.4. The number of nitrogens with zero attached hydrogens (tertiary/aromatic N) is 4. The number of hydrogen-bond donors (Lipinski definition) is 4. The normalized spacial score (nSPS) is 18.8. The van der Waals surface area contributed by atoms with Gasteiger partial charge < -0.3 is 25.4 Å². The lowest BCUT2D eigenvalue weighted by molar-refractivity contribution is -0.152. The van der Waals surface area contributed by atoms with Gasteiger partial charge in [0.2, 0.25) is 17.8 Å². The number of aliphatic hydroxyl groups excluding tert-OH is 1. The lowest BCUT2D eigenvalue weighted by Crippen LogP contribution is -2.29. The number of amides is 1. The first-order valence-corrected chi connectivity index (χ1v) is 13.6. The predicted molar refractivity (Wildman–Crippen MR) is 152 cm³/mol. The number of H-pyrrole nitrogens is 1. The van der Waals surface area contributed by atoms with Crippen LogP contribution < -0.4 is 16.2 Å². The Balaban J connectivity index is 1.37. The number of aromatic amines is 1. The number of aliphatic hydroxyl groups is 1. The number of carbonyl (C=O) groups excluding carboxylic acids is 2. The number of anilines is 3. The van der Waals surface area contributed by atoms with Gasteiger partial charge in [-0.05, 0) is 40.8 Å². The number of hydrogen-bond acceptors (Lipinski definition) is 10. The van der Waals surface area contributed by atoms with Gasteiger partial charge in [0.25, 0.3) is 5.56 Å². The summed E-state index contributed by atoms with van der Waals surface area (Å²) in [5.74, 6) is -2.45. The Morgan fingerprint density at radius 3 is 2.67 bits per heavy atom. The van der Waals surface area contributed by atoms with Crippen molar-refractivity contribution in [3.8, 4) is 11.1 Å². The Hall–Kier alpha value is -5.08. The van der Waals surface area contributed by atoms with Gasteiger partial charge in [-0.15, -0.1) is 0 Å². The molecule has 0 saturated carbocycles. The van der Waals surface area contributed by atoms with Crippen molar-refractivity contribution in [1.29, 1.82) is 0 Å². The van der Waals surface area contributed by atoms with Gasteiger partial charge in [-0.2, -0.15) is 4.98 Å². The quantitative estimate of drug-likeness (QED) is 0.193. The fourth-order valence-electron chi connectivity index (χ4n) is 5.60. The molecule has 0 unspecified atom stereocenters. The maximum Gasteiger partial charge on any atom is 0.306 e. The van der Waals surface area contributed by atoms with Crippen molar-refractivity contribution < 1.29 is 34.1 Å². The Morgan fingerprint density at radius 1 is 1.14 bits per heavy atom. The standard InChI is InChI=1S/C29H28N6O8/c1-14(36)34(17-6-7-19-16(11-17)10-15-4-2-3-5-18(15)19)29-31-25-26(32-28(30)33-27(25)41)35(29)22-12-20(37)21(43-22)13-42-24(40)9-8-23(38)39/h2-7,11,20-22,37H,8-10,12-13H2,1H3,(H,38,39)(H3,30,32,33,41)/t20-,21+,22+/m0/s1. The highest BCUT2D eigenvalue weighted by Crippen LogP contribution is 2.41. The van der Waals surface area contributed by atoms with Crippen molar-refractivity contribution in [3.05, 3.63) is 63.9 Å². The summed E-state index contributed by atoms with van der Waals surface area (Å²) in [4.78, 5) is 61.3. The molecule has 2 aromatic carbocycles. The molecule has 0 spiro atoms. The maximum atomic E-state index is 13.2. The van der Waals surface area contributed by atoms with Crippen molar-refractivity contribution in [2.75, 3.05) is 17.2 Å². The van der Waals surface area contributed by atoms with E-state index in [1.807, 2.05) is 30.3 Å². The van der Waals surface area contributed by atoms with E-state index in [9.17, 15) is 24.3 Å². The molecule has 14 heteroatoms. The Labute approximate surface area is 243 Å². The summed E-state index contributed by atoms with van der Waals surface area (Å²) >= 11 is 0. The summed E-state index contributed by atoms with van der Waals surface area (Å²) in [6, 6.07) is 13.7. The zero-order valence-electron chi connectivity index (χ0n) is 23.0. The van der Waals surface area contributed by atoms with E-state index >= 15 is 0 Å². The number of imidazole rings is 1. The lowest BCUT2D eigenvalue weighted by atomic mass is 10.1. The molecule has 0 radical (unpaired) electrons. The first-order chi connectivity index (χ1) is 20.6. The molecular weight excluding hydrogens is 560 g/mol. The number of carbonyl (C=O) groups is 3. The van der Waals surface area contributed by atoms with Crippen molar-refractivity contribution in [2.24, 2.45) is 0 Å². The summed E-state index contributed by atoms with van der Waals surface area (Å²) in [6.07, 6.45) is -3.12. The van der Waals surface area contributed by atoms with Crippen LogP contribution in [0, 0.1) is 0 Å². The summed E-state index contributed by atoms with van der Waals surface area (Å²) in [5, 5.41) is 19.6. The number of esters is 1. The van der Waals surface area contributed by atoms with Gasteiger partial charge in [0.15, 0.2) is 11.2 Å². The van der Waals surface area contributed by atoms with Crippen LogP contribution in [0.15, 0.2) is 47.3 Å². The number of carboxylic acids is 1. The molecule has 1 fully saturated rings. The smallest absolute Gasteiger partial charge is 0.306 e. The predicted octanol–water partition coefficient (Wildman–Crippen LogP) is 2.01. The highest BCUT2D eigenvalue weighted by atomic mass is 16.6. The van der Waals surface area contributed by atoms with Crippen LogP contribution in [0.25, 0.3) is 22.3 Å². The van der Waals surface area contributed by atoms with Crippen molar-refractivity contribution >= 4 is 46.6 Å². The van der Waals surface area contributed by atoms with Crippen LogP contribution >= 0.6 is 0 Å². The van der Waals surface area contributed by atoms with Gasteiger partial charge in [0.1, 0.15) is 18.9 Å². The second-order valence-electron chi connectivity index (χ2n) is 10.4. The first kappa shape index (κ1) is 28.1. The third-order valence-corrected chi connectivity index (χ3v) is 7.54. The molecule has 1 aliphatic heterocycles. The number of rotatable bonds is 8. The largest absolute Gasteiger partial charge is 0.481 e. The van der Waals surface area contributed by atoms with Gasteiger partial charge in [0.05, 0.1) is 24.6 Å². The Bertz CT molecular complexity index is 1830. The average Bonchev–Trinajstić information content (AvgIpc) is 3.63. The van der Waals surface area contributed by atoms with Crippen LogP contribution in [0.5, 0.6) is 0 Å². The third-order valence-electron chi connectivity index (χ3n) is 7.54. The maximum absolute atomic E-state index is 13.2. The number of aromatic nitrogens is 4. The second kappa shape index (κ2) is 11.0. The third kappa shape index (κ3) is 5.21. The Morgan fingerprint density at radius 2 is 1.91 bits per heavy atom. The van der Waals surface area contributed by atoms with Crippen LogP contribution in [0.2, 0.25) is 0 Å². The molecule has 4 aromatic rings. The van der Waals surface area contributed by atoms with E-state index in [1.165, 1.54) is 22.0 Å². The minimum atomic E-state index is -1.14. The highest BCUT2D eigenvalue weighted by Gasteiger charge is 2.40. The molecule has 1 aliphatic carbocycles. The van der Waals surface area contributed by atoms with Gasteiger partial charge in [0, 0.05) is 13.3 Å². The Kier molecular flexibility index (Phi) is 7.15. The molecule has 2 aromatic heterocycles. The first-order valence-electron chi connectivity index (χ1n) is 13.6. The molecule has 2 aliphatic rings. The fourth-order valence-corrected chi connectivity index (χ4v) is 5.60. The molecule has 222 valence electrons. The van der Waals surface area contributed by atoms with E-state index in [1.54, 1.807) is 6.07 Å². The molecular formula is C29H28N6O8. The van der Waals surface area contributed by atoms with E-state index in [-0.39, 0.29) is 42.5 Å². The lowest BCUT2D eigenvalue weighted by Gasteiger charge is -2.25. The molecule has 1 amide bonds. The summed E-state index contributed by atoms with van der Waals surface area (Å²) in [5.41, 5.74) is 10.1. The van der Waals surface area contributed by atoms with Gasteiger partial charge in [-0.3, -0.25) is 33.6 Å². The molecule has 3 atom stereocenters. The van der Waals surface area contributed by atoms with E-state index in [0.29, 0.717) is 12.1 Å². The van der Waals surface area contributed by atoms with Crippen molar-refractivity contribution in [2.45, 2.75) is 51.0 Å². The van der Waals surface area contributed by atoms with Crippen LogP contribution in [-0.2, 0) is 30.3 Å². The number of nitrogens with one attached hydrogen (secondary N) is 1.